The molecule has 0 aliphatic rings. The number of nitrogen functional groups attached to an aromatic ring is 1. The van der Waals surface area contributed by atoms with Crippen LogP contribution in [0.5, 0.6) is 0 Å². The van der Waals surface area contributed by atoms with E-state index in [4.69, 9.17) is 5.73 Å². The molecule has 0 aliphatic carbocycles. The number of hydrogen-bond donors (Lipinski definition) is 1. The van der Waals surface area contributed by atoms with Gasteiger partial charge in [0.1, 0.15) is 12.1 Å². The van der Waals surface area contributed by atoms with Gasteiger partial charge in [-0.1, -0.05) is 24.3 Å². The predicted molar refractivity (Wildman–Crippen MR) is 75.6 cm³/mol. The summed E-state index contributed by atoms with van der Waals surface area (Å²) >= 11 is 0. The number of aromatic nitrogens is 3. The summed E-state index contributed by atoms with van der Waals surface area (Å²) in [6.07, 6.45) is 4.87. The molecule has 2 heterocycles. The minimum atomic E-state index is 0.552. The van der Waals surface area contributed by atoms with Gasteiger partial charge in [0.05, 0.1) is 5.52 Å². The van der Waals surface area contributed by atoms with E-state index in [2.05, 4.69) is 33.2 Å². The molecule has 4 nitrogen and oxygen atoms in total. The maximum absolute atomic E-state index is 5.80. The van der Waals surface area contributed by atoms with Gasteiger partial charge in [-0.3, -0.25) is 4.98 Å². The van der Waals surface area contributed by atoms with Crippen LogP contribution in [-0.2, 0) is 12.8 Å². The Morgan fingerprint density at radius 3 is 2.79 bits per heavy atom. The fraction of sp³-hybridized carbons (Fsp3) is 0.133. The third kappa shape index (κ3) is 2.52. The second-order valence-electron chi connectivity index (χ2n) is 4.43. The number of fused-ring (bicyclic) bond motifs is 1. The van der Waals surface area contributed by atoms with Gasteiger partial charge in [-0.25, -0.2) is 9.97 Å². The van der Waals surface area contributed by atoms with Crippen molar-refractivity contribution in [1.82, 2.24) is 15.0 Å². The Hall–Kier alpha value is -2.49. The molecule has 0 unspecified atom stereocenters. The van der Waals surface area contributed by atoms with Gasteiger partial charge in [0, 0.05) is 22.8 Å². The van der Waals surface area contributed by atoms with Gasteiger partial charge >= 0.3 is 0 Å². The van der Waals surface area contributed by atoms with Crippen molar-refractivity contribution >= 4 is 16.7 Å². The van der Waals surface area contributed by atoms with Gasteiger partial charge in [-0.05, 0) is 25.0 Å². The first-order valence-electron chi connectivity index (χ1n) is 6.22. The Balaban J connectivity index is 1.80. The number of anilines is 1. The lowest BCUT2D eigenvalue weighted by atomic mass is 10.1. The van der Waals surface area contributed by atoms with Crippen LogP contribution in [0.4, 0.5) is 5.82 Å². The molecule has 3 rings (SSSR count). The minimum Gasteiger partial charge on any atom is -0.383 e. The van der Waals surface area contributed by atoms with Crippen LogP contribution in [0.3, 0.4) is 0 Å². The molecule has 0 spiro atoms. The Labute approximate surface area is 111 Å². The SMILES string of the molecule is Nc1ncncc1CCc1ccc2ccccc2n1. The van der Waals surface area contributed by atoms with Crippen LogP contribution in [0.1, 0.15) is 11.3 Å². The highest BCUT2D eigenvalue weighted by Crippen LogP contribution is 2.14. The van der Waals surface area contributed by atoms with Crippen molar-refractivity contribution in [3.63, 3.8) is 0 Å². The molecule has 0 bridgehead atoms. The molecule has 0 saturated heterocycles. The van der Waals surface area contributed by atoms with E-state index in [1.807, 2.05) is 18.2 Å². The average Bonchev–Trinajstić information content (AvgIpc) is 2.46. The Morgan fingerprint density at radius 2 is 1.89 bits per heavy atom. The van der Waals surface area contributed by atoms with Crippen molar-refractivity contribution in [3.8, 4) is 0 Å². The smallest absolute Gasteiger partial charge is 0.129 e. The van der Waals surface area contributed by atoms with E-state index in [9.17, 15) is 0 Å². The number of hydrogen-bond acceptors (Lipinski definition) is 4. The summed E-state index contributed by atoms with van der Waals surface area (Å²) in [4.78, 5) is 12.6. The molecule has 19 heavy (non-hydrogen) atoms. The summed E-state index contributed by atoms with van der Waals surface area (Å²) in [5.41, 5.74) is 8.86. The first-order chi connectivity index (χ1) is 9.33. The van der Waals surface area contributed by atoms with Crippen molar-refractivity contribution < 1.29 is 0 Å². The van der Waals surface area contributed by atoms with E-state index in [0.29, 0.717) is 5.82 Å². The number of nitrogens with zero attached hydrogens (tertiary/aromatic N) is 3. The number of para-hydroxylation sites is 1. The predicted octanol–water partition coefficient (Wildman–Crippen LogP) is 2.39. The number of pyridine rings is 1. The molecule has 0 atom stereocenters. The van der Waals surface area contributed by atoms with Gasteiger partial charge < -0.3 is 5.73 Å². The van der Waals surface area contributed by atoms with Gasteiger partial charge in [-0.2, -0.15) is 0 Å². The fourth-order valence-electron chi connectivity index (χ4n) is 2.07. The Bertz CT molecular complexity index is 709. The lowest BCUT2D eigenvalue weighted by molar-refractivity contribution is 0.907. The van der Waals surface area contributed by atoms with Crippen LogP contribution in [0.25, 0.3) is 10.9 Å². The van der Waals surface area contributed by atoms with Crippen LogP contribution < -0.4 is 5.73 Å². The van der Waals surface area contributed by atoms with E-state index >= 15 is 0 Å². The van der Waals surface area contributed by atoms with E-state index in [1.54, 1.807) is 6.20 Å². The van der Waals surface area contributed by atoms with Crippen LogP contribution in [0.15, 0.2) is 48.9 Å². The summed E-state index contributed by atoms with van der Waals surface area (Å²) in [7, 11) is 0. The van der Waals surface area contributed by atoms with E-state index < -0.39 is 0 Å². The standard InChI is InChI=1S/C15H14N4/c16-15-12(9-17-10-18-15)6-8-13-7-5-11-3-1-2-4-14(11)19-13/h1-5,7,9-10H,6,8H2,(H2,16,17,18). The highest BCUT2D eigenvalue weighted by Gasteiger charge is 2.03. The van der Waals surface area contributed by atoms with E-state index in [1.165, 1.54) is 6.33 Å². The van der Waals surface area contributed by atoms with E-state index in [-0.39, 0.29) is 0 Å². The highest BCUT2D eigenvalue weighted by molar-refractivity contribution is 5.78. The summed E-state index contributed by atoms with van der Waals surface area (Å²) in [6.45, 7) is 0. The number of rotatable bonds is 3. The third-order valence-corrected chi connectivity index (χ3v) is 3.13. The summed E-state index contributed by atoms with van der Waals surface area (Å²) in [6, 6.07) is 12.3. The minimum absolute atomic E-state index is 0.552. The van der Waals surface area contributed by atoms with Crippen molar-refractivity contribution in [2.24, 2.45) is 0 Å². The zero-order valence-corrected chi connectivity index (χ0v) is 10.5. The number of nitrogens with two attached hydrogens (primary N) is 1. The average molecular weight is 250 g/mol. The largest absolute Gasteiger partial charge is 0.383 e. The van der Waals surface area contributed by atoms with Crippen LogP contribution >= 0.6 is 0 Å². The topological polar surface area (TPSA) is 64.7 Å². The highest BCUT2D eigenvalue weighted by atomic mass is 14.9. The molecule has 4 heteroatoms. The summed E-state index contributed by atoms with van der Waals surface area (Å²) in [5, 5.41) is 1.16. The second-order valence-corrected chi connectivity index (χ2v) is 4.43. The van der Waals surface area contributed by atoms with E-state index in [0.717, 1.165) is 35.0 Å². The first-order valence-corrected chi connectivity index (χ1v) is 6.22. The molecule has 94 valence electrons. The number of benzene rings is 1. The molecule has 0 radical (unpaired) electrons. The van der Waals surface area contributed by atoms with Crippen molar-refractivity contribution in [2.75, 3.05) is 5.73 Å². The molecule has 1 aromatic carbocycles. The lowest BCUT2D eigenvalue weighted by Crippen LogP contribution is -2.01. The first kappa shape index (κ1) is 11.6. The molecule has 0 aliphatic heterocycles. The second kappa shape index (κ2) is 5.02. The molecule has 0 saturated carbocycles. The molecule has 0 amide bonds. The molecule has 2 aromatic heterocycles. The maximum Gasteiger partial charge on any atom is 0.129 e. The zero-order valence-electron chi connectivity index (χ0n) is 10.5. The third-order valence-electron chi connectivity index (χ3n) is 3.13. The monoisotopic (exact) mass is 250 g/mol. The van der Waals surface area contributed by atoms with Crippen LogP contribution in [-0.4, -0.2) is 15.0 Å². The zero-order chi connectivity index (χ0) is 13.1. The van der Waals surface area contributed by atoms with Crippen molar-refractivity contribution in [3.05, 3.63) is 60.2 Å². The number of aryl methyl sites for hydroxylation is 2. The fourth-order valence-corrected chi connectivity index (χ4v) is 2.07. The molecule has 3 aromatic rings. The lowest BCUT2D eigenvalue weighted by Gasteiger charge is -2.04. The van der Waals surface area contributed by atoms with Gasteiger partial charge in [0.25, 0.3) is 0 Å². The maximum atomic E-state index is 5.80. The van der Waals surface area contributed by atoms with Crippen LogP contribution in [0.2, 0.25) is 0 Å². The molecular formula is C15H14N4. The Morgan fingerprint density at radius 1 is 1.00 bits per heavy atom. The van der Waals surface area contributed by atoms with Crippen molar-refractivity contribution in [2.45, 2.75) is 12.8 Å². The van der Waals surface area contributed by atoms with Crippen LogP contribution in [0, 0.1) is 0 Å². The van der Waals surface area contributed by atoms with Gasteiger partial charge in [0.2, 0.25) is 0 Å². The molecular weight excluding hydrogens is 236 g/mol. The van der Waals surface area contributed by atoms with Gasteiger partial charge in [-0.15, -0.1) is 0 Å². The quantitative estimate of drug-likeness (QED) is 0.775. The van der Waals surface area contributed by atoms with Gasteiger partial charge in [0.15, 0.2) is 0 Å². The summed E-state index contributed by atoms with van der Waals surface area (Å²) in [5.74, 6) is 0.552. The normalized spacial score (nSPS) is 10.7. The molecule has 0 fully saturated rings. The van der Waals surface area contributed by atoms with Crippen molar-refractivity contribution in [1.29, 1.82) is 0 Å². The molecule has 2 N–H and O–H groups in total. The summed E-state index contributed by atoms with van der Waals surface area (Å²) < 4.78 is 0. The Kier molecular flexibility index (Phi) is 3.06.